The molecular weight excluding hydrogens is 220 g/mol. The molecule has 5 atom stereocenters. The first-order valence-electron chi connectivity index (χ1n) is 8.14. The van der Waals surface area contributed by atoms with Crippen LogP contribution in [-0.4, -0.2) is 36.6 Å². The van der Waals surface area contributed by atoms with E-state index in [0.29, 0.717) is 0 Å². The lowest BCUT2D eigenvalue weighted by atomic mass is 9.89. The second-order valence-electron chi connectivity index (χ2n) is 6.60. The molecule has 106 valence electrons. The number of rotatable bonds is 4. The maximum absolute atomic E-state index is 3.65. The van der Waals surface area contributed by atoms with Crippen molar-refractivity contribution in [3.05, 3.63) is 0 Å². The van der Waals surface area contributed by atoms with Crippen LogP contribution in [0.1, 0.15) is 53.4 Å². The molecule has 0 aromatic heterocycles. The van der Waals surface area contributed by atoms with Gasteiger partial charge in [0.05, 0.1) is 0 Å². The third-order valence-corrected chi connectivity index (χ3v) is 5.58. The average molecular weight is 252 g/mol. The van der Waals surface area contributed by atoms with Crippen LogP contribution in [0, 0.1) is 17.8 Å². The molecule has 1 N–H and O–H groups in total. The zero-order chi connectivity index (χ0) is 13.1. The molecule has 0 bridgehead atoms. The van der Waals surface area contributed by atoms with Crippen LogP contribution in [0.2, 0.25) is 0 Å². The van der Waals surface area contributed by atoms with Crippen LogP contribution in [-0.2, 0) is 0 Å². The number of likely N-dealkylation sites (tertiary alicyclic amines) is 1. The van der Waals surface area contributed by atoms with Gasteiger partial charge in [0, 0.05) is 18.6 Å². The maximum atomic E-state index is 3.65. The zero-order valence-corrected chi connectivity index (χ0v) is 12.8. The summed E-state index contributed by atoms with van der Waals surface area (Å²) >= 11 is 0. The molecule has 1 aliphatic carbocycles. The third kappa shape index (κ3) is 2.91. The van der Waals surface area contributed by atoms with Crippen LogP contribution in [0.3, 0.4) is 0 Å². The third-order valence-electron chi connectivity index (χ3n) is 5.58. The normalized spacial score (nSPS) is 42.3. The van der Waals surface area contributed by atoms with Crippen molar-refractivity contribution in [3.63, 3.8) is 0 Å². The Bertz CT molecular complexity index is 253. The molecule has 18 heavy (non-hydrogen) atoms. The Morgan fingerprint density at radius 3 is 2.44 bits per heavy atom. The number of hydrogen-bond acceptors (Lipinski definition) is 2. The molecule has 0 spiro atoms. The first-order chi connectivity index (χ1) is 8.67. The molecule has 2 rings (SSSR count). The molecule has 0 radical (unpaired) electrons. The Labute approximate surface area is 114 Å². The van der Waals surface area contributed by atoms with E-state index < -0.39 is 0 Å². The van der Waals surface area contributed by atoms with Gasteiger partial charge in [-0.25, -0.2) is 0 Å². The van der Waals surface area contributed by atoms with E-state index in [-0.39, 0.29) is 0 Å². The summed E-state index contributed by atoms with van der Waals surface area (Å²) in [6.45, 7) is 13.3. The number of nitrogens with one attached hydrogen (secondary N) is 1. The van der Waals surface area contributed by atoms with Crippen molar-refractivity contribution in [3.8, 4) is 0 Å². The molecule has 2 heteroatoms. The lowest BCUT2D eigenvalue weighted by molar-refractivity contribution is 0.0824. The van der Waals surface area contributed by atoms with Crippen molar-refractivity contribution in [1.82, 2.24) is 10.2 Å². The molecule has 2 nitrogen and oxygen atoms in total. The molecule has 0 amide bonds. The molecule has 1 heterocycles. The van der Waals surface area contributed by atoms with Gasteiger partial charge < -0.3 is 5.32 Å². The van der Waals surface area contributed by atoms with Gasteiger partial charge >= 0.3 is 0 Å². The Morgan fingerprint density at radius 1 is 1.11 bits per heavy atom. The van der Waals surface area contributed by atoms with Crippen molar-refractivity contribution in [2.75, 3.05) is 19.6 Å². The second kappa shape index (κ2) is 6.38. The van der Waals surface area contributed by atoms with E-state index in [1.165, 1.54) is 38.8 Å². The molecular formula is C16H32N2. The van der Waals surface area contributed by atoms with Crippen LogP contribution in [0.25, 0.3) is 0 Å². The highest BCUT2D eigenvalue weighted by molar-refractivity contribution is 4.92. The van der Waals surface area contributed by atoms with E-state index in [0.717, 1.165) is 36.4 Å². The summed E-state index contributed by atoms with van der Waals surface area (Å²) in [5.41, 5.74) is 0. The van der Waals surface area contributed by atoms with E-state index in [1.807, 2.05) is 0 Å². The van der Waals surface area contributed by atoms with Crippen molar-refractivity contribution in [2.45, 2.75) is 65.5 Å². The van der Waals surface area contributed by atoms with E-state index in [1.54, 1.807) is 0 Å². The first-order valence-corrected chi connectivity index (χ1v) is 8.14. The molecule has 2 aliphatic rings. The Morgan fingerprint density at radius 2 is 1.89 bits per heavy atom. The van der Waals surface area contributed by atoms with Gasteiger partial charge in [0.15, 0.2) is 0 Å². The van der Waals surface area contributed by atoms with Crippen LogP contribution in [0.4, 0.5) is 0 Å². The zero-order valence-electron chi connectivity index (χ0n) is 12.8. The van der Waals surface area contributed by atoms with Crippen molar-refractivity contribution in [1.29, 1.82) is 0 Å². The highest BCUT2D eigenvalue weighted by Gasteiger charge is 2.38. The fourth-order valence-corrected chi connectivity index (χ4v) is 4.36. The van der Waals surface area contributed by atoms with Gasteiger partial charge in [-0.05, 0) is 50.1 Å². The van der Waals surface area contributed by atoms with E-state index in [2.05, 4.69) is 37.9 Å². The van der Waals surface area contributed by atoms with Gasteiger partial charge in [-0.15, -0.1) is 0 Å². The average Bonchev–Trinajstić information content (AvgIpc) is 2.73. The minimum Gasteiger partial charge on any atom is -0.314 e. The smallest absolute Gasteiger partial charge is 0.0124 e. The van der Waals surface area contributed by atoms with Gasteiger partial charge in [-0.2, -0.15) is 0 Å². The number of hydrogen-bond donors (Lipinski definition) is 1. The lowest BCUT2D eigenvalue weighted by Gasteiger charge is -2.42. The molecule has 1 saturated carbocycles. The number of nitrogens with zero attached hydrogens (tertiary/aromatic N) is 1. The van der Waals surface area contributed by atoms with E-state index >= 15 is 0 Å². The van der Waals surface area contributed by atoms with Crippen molar-refractivity contribution >= 4 is 0 Å². The molecule has 0 aromatic rings. The molecule has 0 aromatic carbocycles. The Balaban J connectivity index is 1.88. The summed E-state index contributed by atoms with van der Waals surface area (Å²) in [4.78, 5) is 2.80. The highest BCUT2D eigenvalue weighted by Crippen LogP contribution is 2.38. The van der Waals surface area contributed by atoms with E-state index in [4.69, 9.17) is 0 Å². The van der Waals surface area contributed by atoms with Crippen LogP contribution >= 0.6 is 0 Å². The second-order valence-corrected chi connectivity index (χ2v) is 6.60. The quantitative estimate of drug-likeness (QED) is 0.827. The monoisotopic (exact) mass is 252 g/mol. The van der Waals surface area contributed by atoms with Crippen LogP contribution < -0.4 is 5.32 Å². The van der Waals surface area contributed by atoms with Gasteiger partial charge in [-0.1, -0.05) is 34.1 Å². The van der Waals surface area contributed by atoms with Crippen molar-refractivity contribution in [2.24, 2.45) is 17.8 Å². The summed E-state index contributed by atoms with van der Waals surface area (Å²) in [5, 5.41) is 3.65. The molecule has 2 fully saturated rings. The van der Waals surface area contributed by atoms with Gasteiger partial charge in [0.1, 0.15) is 0 Å². The summed E-state index contributed by atoms with van der Waals surface area (Å²) in [7, 11) is 0. The first kappa shape index (κ1) is 14.3. The standard InChI is InChI=1S/C16H32N2/c1-5-14-7-8-16(13(14)4)18-10-9-15(17-6-2)12(3)11-18/h12-17H,5-11H2,1-4H3. The predicted octanol–water partition coefficient (Wildman–Crippen LogP) is 3.13. The van der Waals surface area contributed by atoms with Gasteiger partial charge in [-0.3, -0.25) is 4.90 Å². The minimum atomic E-state index is 0.755. The largest absolute Gasteiger partial charge is 0.314 e. The molecule has 5 unspecified atom stereocenters. The topological polar surface area (TPSA) is 15.3 Å². The Hall–Kier alpha value is -0.0800. The van der Waals surface area contributed by atoms with E-state index in [9.17, 15) is 0 Å². The fraction of sp³-hybridized carbons (Fsp3) is 1.00. The van der Waals surface area contributed by atoms with Gasteiger partial charge in [0.25, 0.3) is 0 Å². The Kier molecular flexibility index (Phi) is 5.08. The number of piperidine rings is 1. The SMILES string of the molecule is CCNC1CCN(C2CCC(CC)C2C)CC1C. The molecule has 1 saturated heterocycles. The van der Waals surface area contributed by atoms with Gasteiger partial charge in [0.2, 0.25) is 0 Å². The minimum absolute atomic E-state index is 0.755. The highest BCUT2D eigenvalue weighted by atomic mass is 15.2. The van der Waals surface area contributed by atoms with Crippen molar-refractivity contribution < 1.29 is 0 Å². The van der Waals surface area contributed by atoms with Crippen LogP contribution in [0.15, 0.2) is 0 Å². The predicted molar refractivity (Wildman–Crippen MR) is 78.8 cm³/mol. The summed E-state index contributed by atoms with van der Waals surface area (Å²) < 4.78 is 0. The fourth-order valence-electron chi connectivity index (χ4n) is 4.36. The summed E-state index contributed by atoms with van der Waals surface area (Å²) in [6.07, 6.45) is 5.62. The van der Waals surface area contributed by atoms with Crippen LogP contribution in [0.5, 0.6) is 0 Å². The lowest BCUT2D eigenvalue weighted by Crippen LogP contribution is -2.52. The molecule has 1 aliphatic heterocycles. The summed E-state index contributed by atoms with van der Waals surface area (Å²) in [5.74, 6) is 2.71. The maximum Gasteiger partial charge on any atom is 0.0124 e. The summed E-state index contributed by atoms with van der Waals surface area (Å²) in [6, 6.07) is 1.63.